The van der Waals surface area contributed by atoms with Crippen LogP contribution in [0, 0.1) is 5.92 Å². The Labute approximate surface area is 140 Å². The Bertz CT molecular complexity index is 716. The van der Waals surface area contributed by atoms with Crippen LogP contribution in [-0.2, 0) is 26.0 Å². The van der Waals surface area contributed by atoms with Gasteiger partial charge in [-0.05, 0) is 17.7 Å². The van der Waals surface area contributed by atoms with E-state index in [9.17, 15) is 23.1 Å². The predicted octanol–water partition coefficient (Wildman–Crippen LogP) is -0.172. The summed E-state index contributed by atoms with van der Waals surface area (Å²) in [6.45, 7) is 0.0718. The maximum absolute atomic E-state index is 12.1. The zero-order chi connectivity index (χ0) is 17.9. The van der Waals surface area contributed by atoms with Crippen molar-refractivity contribution in [2.45, 2.75) is 18.9 Å². The van der Waals surface area contributed by atoms with Crippen LogP contribution in [0.4, 0.5) is 0 Å². The number of ether oxygens (including phenoxy) is 1. The highest BCUT2D eigenvalue weighted by atomic mass is 32.2. The van der Waals surface area contributed by atoms with Gasteiger partial charge in [0.25, 0.3) is 0 Å². The highest BCUT2D eigenvalue weighted by Gasteiger charge is 2.38. The van der Waals surface area contributed by atoms with Gasteiger partial charge in [-0.3, -0.25) is 4.79 Å². The third kappa shape index (κ3) is 4.68. The molecular formula is C15H20N2O6S. The molecule has 1 fully saturated rings. The van der Waals surface area contributed by atoms with Gasteiger partial charge in [0.05, 0.1) is 12.9 Å². The molecule has 0 radical (unpaired) electrons. The summed E-state index contributed by atoms with van der Waals surface area (Å²) in [5.74, 6) is -1.66. The first kappa shape index (κ1) is 18.2. The Morgan fingerprint density at radius 3 is 2.54 bits per heavy atom. The van der Waals surface area contributed by atoms with E-state index in [1.54, 1.807) is 24.3 Å². The van der Waals surface area contributed by atoms with Gasteiger partial charge in [-0.25, -0.2) is 18.4 Å². The van der Waals surface area contributed by atoms with Gasteiger partial charge in [0.2, 0.25) is 15.9 Å². The summed E-state index contributed by atoms with van der Waals surface area (Å²) >= 11 is 0. The van der Waals surface area contributed by atoms with Crippen molar-refractivity contribution in [2.24, 2.45) is 11.1 Å². The molecule has 3 N–H and O–H groups in total. The van der Waals surface area contributed by atoms with Gasteiger partial charge in [0, 0.05) is 25.3 Å². The smallest absolute Gasteiger partial charge is 0.326 e. The number of carbonyl (C=O) groups excluding carboxylic acids is 1. The molecule has 1 aromatic rings. The zero-order valence-corrected chi connectivity index (χ0v) is 14.0. The van der Waals surface area contributed by atoms with Gasteiger partial charge in [-0.2, -0.15) is 0 Å². The SMILES string of the molecule is COc1ccc(C[C@@H](C(=O)O)N2CC(CS(N)(=O)=O)CC2=O)cc1. The number of aliphatic carboxylic acids is 1. The second-order valence-electron chi connectivity index (χ2n) is 5.85. The van der Waals surface area contributed by atoms with E-state index in [2.05, 4.69) is 0 Å². The Kier molecular flexibility index (Phi) is 5.45. The number of amides is 1. The average Bonchev–Trinajstić information content (AvgIpc) is 2.83. The first-order chi connectivity index (χ1) is 11.2. The van der Waals surface area contributed by atoms with Crippen molar-refractivity contribution in [3.05, 3.63) is 29.8 Å². The van der Waals surface area contributed by atoms with Gasteiger partial charge >= 0.3 is 5.97 Å². The van der Waals surface area contributed by atoms with Gasteiger partial charge in [0.1, 0.15) is 11.8 Å². The van der Waals surface area contributed by atoms with Crippen LogP contribution in [0.3, 0.4) is 0 Å². The summed E-state index contributed by atoms with van der Waals surface area (Å²) in [5, 5.41) is 14.5. The van der Waals surface area contributed by atoms with Crippen molar-refractivity contribution < 1.29 is 27.9 Å². The van der Waals surface area contributed by atoms with Crippen molar-refractivity contribution in [2.75, 3.05) is 19.4 Å². The van der Waals surface area contributed by atoms with E-state index in [1.165, 1.54) is 12.0 Å². The van der Waals surface area contributed by atoms with E-state index in [0.717, 1.165) is 5.56 Å². The van der Waals surface area contributed by atoms with Crippen LogP contribution in [0.25, 0.3) is 0 Å². The number of carboxylic acids is 1. The number of nitrogens with zero attached hydrogens (tertiary/aromatic N) is 1. The second-order valence-corrected chi connectivity index (χ2v) is 7.51. The summed E-state index contributed by atoms with van der Waals surface area (Å²) in [4.78, 5) is 24.9. The summed E-state index contributed by atoms with van der Waals surface area (Å²) in [6.07, 6.45) is 0.121. The standard InChI is InChI=1S/C15H20N2O6S/c1-23-12-4-2-10(3-5-12)6-13(15(19)20)17-8-11(7-14(17)18)9-24(16,21)22/h2-5,11,13H,6-9H2,1H3,(H,19,20)(H2,16,21,22)/t11?,13-/m0/s1. The topological polar surface area (TPSA) is 127 Å². The number of methoxy groups -OCH3 is 1. The molecule has 1 aromatic carbocycles. The van der Waals surface area contributed by atoms with Crippen LogP contribution in [-0.4, -0.2) is 55.7 Å². The lowest BCUT2D eigenvalue weighted by molar-refractivity contribution is -0.148. The molecule has 8 nitrogen and oxygen atoms in total. The quantitative estimate of drug-likeness (QED) is 0.698. The molecule has 132 valence electrons. The van der Waals surface area contributed by atoms with Crippen LogP contribution < -0.4 is 9.88 Å². The number of carboxylic acid groups (broad SMARTS) is 1. The number of likely N-dealkylation sites (tertiary alicyclic amines) is 1. The molecule has 1 amide bonds. The minimum atomic E-state index is -3.71. The highest BCUT2D eigenvalue weighted by molar-refractivity contribution is 7.89. The number of sulfonamides is 1. The zero-order valence-electron chi connectivity index (χ0n) is 13.2. The summed E-state index contributed by atoms with van der Waals surface area (Å²) in [5.41, 5.74) is 0.742. The number of hydrogen-bond donors (Lipinski definition) is 2. The third-order valence-corrected chi connectivity index (χ3v) is 4.89. The fourth-order valence-electron chi connectivity index (χ4n) is 2.87. The molecule has 0 bridgehead atoms. The van der Waals surface area contributed by atoms with Crippen molar-refractivity contribution in [1.29, 1.82) is 0 Å². The predicted molar refractivity (Wildman–Crippen MR) is 85.9 cm³/mol. The Morgan fingerprint density at radius 2 is 2.04 bits per heavy atom. The van der Waals surface area contributed by atoms with Crippen LogP contribution in [0.5, 0.6) is 5.75 Å². The normalized spacial score (nSPS) is 19.3. The van der Waals surface area contributed by atoms with Crippen molar-refractivity contribution in [1.82, 2.24) is 4.90 Å². The largest absolute Gasteiger partial charge is 0.497 e. The number of nitrogens with two attached hydrogens (primary N) is 1. The van der Waals surface area contributed by atoms with Gasteiger partial charge in [0.15, 0.2) is 0 Å². The lowest BCUT2D eigenvalue weighted by atomic mass is 10.0. The first-order valence-corrected chi connectivity index (χ1v) is 9.07. The fraction of sp³-hybridized carbons (Fsp3) is 0.467. The van der Waals surface area contributed by atoms with Crippen LogP contribution in [0.1, 0.15) is 12.0 Å². The van der Waals surface area contributed by atoms with E-state index in [1.807, 2.05) is 0 Å². The van der Waals surface area contributed by atoms with E-state index in [4.69, 9.17) is 9.88 Å². The van der Waals surface area contributed by atoms with Crippen LogP contribution in [0.2, 0.25) is 0 Å². The molecule has 0 saturated carbocycles. The molecular weight excluding hydrogens is 336 g/mol. The van der Waals surface area contributed by atoms with E-state index in [0.29, 0.717) is 5.75 Å². The lowest BCUT2D eigenvalue weighted by Crippen LogP contribution is -2.44. The van der Waals surface area contributed by atoms with Gasteiger partial charge in [-0.1, -0.05) is 12.1 Å². The first-order valence-electron chi connectivity index (χ1n) is 7.35. The minimum absolute atomic E-state index is 0.0111. The van der Waals surface area contributed by atoms with Gasteiger partial charge < -0.3 is 14.7 Å². The molecule has 1 saturated heterocycles. The molecule has 1 aliphatic rings. The van der Waals surface area contributed by atoms with Gasteiger partial charge in [-0.15, -0.1) is 0 Å². The summed E-state index contributed by atoms with van der Waals surface area (Å²) in [7, 11) is -2.18. The molecule has 2 atom stereocenters. The van der Waals surface area contributed by atoms with Crippen LogP contribution in [0.15, 0.2) is 24.3 Å². The van der Waals surface area contributed by atoms with Crippen molar-refractivity contribution in [3.63, 3.8) is 0 Å². The second kappa shape index (κ2) is 7.18. The van der Waals surface area contributed by atoms with Crippen molar-refractivity contribution in [3.8, 4) is 5.75 Å². The third-order valence-electron chi connectivity index (χ3n) is 3.96. The minimum Gasteiger partial charge on any atom is -0.497 e. The molecule has 9 heteroatoms. The molecule has 1 heterocycles. The molecule has 2 rings (SSSR count). The molecule has 0 aromatic heterocycles. The van der Waals surface area contributed by atoms with E-state index >= 15 is 0 Å². The maximum Gasteiger partial charge on any atom is 0.326 e. The number of carbonyl (C=O) groups is 2. The monoisotopic (exact) mass is 356 g/mol. The molecule has 0 spiro atoms. The Hall–Kier alpha value is -2.13. The number of primary sulfonamides is 1. The number of benzene rings is 1. The summed E-state index contributed by atoms with van der Waals surface area (Å²) < 4.78 is 27.4. The summed E-state index contributed by atoms with van der Waals surface area (Å²) in [6, 6.07) is 5.85. The molecule has 24 heavy (non-hydrogen) atoms. The Balaban J connectivity index is 2.12. The number of hydrogen-bond acceptors (Lipinski definition) is 5. The van der Waals surface area contributed by atoms with Crippen molar-refractivity contribution >= 4 is 21.9 Å². The van der Waals surface area contributed by atoms with E-state index < -0.39 is 28.0 Å². The molecule has 0 aliphatic carbocycles. The fourth-order valence-corrected chi connectivity index (χ4v) is 3.75. The maximum atomic E-state index is 12.1. The lowest BCUT2D eigenvalue weighted by Gasteiger charge is -2.25. The van der Waals surface area contributed by atoms with Crippen LogP contribution >= 0.6 is 0 Å². The molecule has 1 unspecified atom stereocenters. The Morgan fingerprint density at radius 1 is 1.42 bits per heavy atom. The number of rotatable bonds is 7. The highest BCUT2D eigenvalue weighted by Crippen LogP contribution is 2.24. The van der Waals surface area contributed by atoms with E-state index in [-0.39, 0.29) is 31.0 Å². The average molecular weight is 356 g/mol. The molecule has 1 aliphatic heterocycles.